The van der Waals surface area contributed by atoms with Crippen molar-refractivity contribution < 1.29 is 18.6 Å². The lowest BCUT2D eigenvalue weighted by Gasteiger charge is -2.15. The molecule has 25 heavy (non-hydrogen) atoms. The molecule has 0 fully saturated rings. The lowest BCUT2D eigenvalue weighted by Crippen LogP contribution is -2.04. The van der Waals surface area contributed by atoms with Crippen molar-refractivity contribution in [2.24, 2.45) is 0 Å². The van der Waals surface area contributed by atoms with Crippen LogP contribution in [0.25, 0.3) is 5.76 Å². The Bertz CT molecular complexity index is 765. The van der Waals surface area contributed by atoms with Gasteiger partial charge in [0.25, 0.3) is 0 Å². The predicted molar refractivity (Wildman–Crippen MR) is 102 cm³/mol. The third kappa shape index (κ3) is 4.66. The van der Waals surface area contributed by atoms with E-state index in [1.54, 1.807) is 26.4 Å². The van der Waals surface area contributed by atoms with Crippen LogP contribution < -0.4 is 14.8 Å². The fourth-order valence-electron chi connectivity index (χ4n) is 2.34. The second kappa shape index (κ2) is 8.76. The summed E-state index contributed by atoms with van der Waals surface area (Å²) >= 11 is 3.44. The van der Waals surface area contributed by atoms with Crippen LogP contribution in [-0.2, 0) is 11.3 Å². The number of methoxy groups -OCH3 is 2. The van der Waals surface area contributed by atoms with Gasteiger partial charge in [0, 0.05) is 28.2 Å². The lowest BCUT2D eigenvalue weighted by atomic mass is 10.1. The van der Waals surface area contributed by atoms with Crippen LogP contribution in [0.1, 0.15) is 18.1 Å². The van der Waals surface area contributed by atoms with Crippen molar-refractivity contribution in [3.05, 3.63) is 58.3 Å². The van der Waals surface area contributed by atoms with Gasteiger partial charge in [-0.1, -0.05) is 6.58 Å². The molecule has 0 radical (unpaired) electrons. The number of hydrogen-bond acceptors (Lipinski definition) is 4. The smallest absolute Gasteiger partial charge is 0.147 e. The highest BCUT2D eigenvalue weighted by Gasteiger charge is 2.12. The van der Waals surface area contributed by atoms with E-state index in [4.69, 9.17) is 14.2 Å². The van der Waals surface area contributed by atoms with Gasteiger partial charge in [-0.3, -0.25) is 0 Å². The van der Waals surface area contributed by atoms with E-state index in [9.17, 15) is 4.39 Å². The molecule has 4 nitrogen and oxygen atoms in total. The number of hydrogen-bond donors (Lipinski definition) is 1. The first-order valence-electron chi connectivity index (χ1n) is 7.76. The molecule has 6 heteroatoms. The summed E-state index contributed by atoms with van der Waals surface area (Å²) in [5.41, 5.74) is 1.85. The quantitative estimate of drug-likeness (QED) is 0.606. The van der Waals surface area contributed by atoms with E-state index in [1.165, 1.54) is 6.07 Å². The third-order valence-electron chi connectivity index (χ3n) is 3.64. The zero-order valence-electron chi connectivity index (χ0n) is 14.5. The summed E-state index contributed by atoms with van der Waals surface area (Å²) in [6, 6.07) is 8.57. The van der Waals surface area contributed by atoms with E-state index in [2.05, 4.69) is 27.8 Å². The minimum absolute atomic E-state index is 0.373. The van der Waals surface area contributed by atoms with Gasteiger partial charge in [0.1, 0.15) is 23.1 Å². The minimum Gasteiger partial charge on any atom is -0.497 e. The molecule has 0 aliphatic carbocycles. The summed E-state index contributed by atoms with van der Waals surface area (Å²) in [6.07, 6.45) is 0. The Balaban J connectivity index is 2.19. The van der Waals surface area contributed by atoms with Crippen molar-refractivity contribution >= 4 is 27.4 Å². The van der Waals surface area contributed by atoms with E-state index in [0.717, 1.165) is 5.56 Å². The summed E-state index contributed by atoms with van der Waals surface area (Å²) in [5, 5.41) is 3.08. The van der Waals surface area contributed by atoms with Gasteiger partial charge >= 0.3 is 0 Å². The first-order valence-corrected chi connectivity index (χ1v) is 8.55. The van der Waals surface area contributed by atoms with Gasteiger partial charge in [-0.05, 0) is 47.1 Å². The summed E-state index contributed by atoms with van der Waals surface area (Å²) in [6.45, 7) is 6.55. The maximum atomic E-state index is 14.4. The Morgan fingerprint density at radius 2 is 1.96 bits per heavy atom. The van der Waals surface area contributed by atoms with Crippen molar-refractivity contribution in [1.82, 2.24) is 0 Å². The van der Waals surface area contributed by atoms with Crippen molar-refractivity contribution in [2.45, 2.75) is 13.5 Å². The predicted octanol–water partition coefficient (Wildman–Crippen LogP) is 5.22. The van der Waals surface area contributed by atoms with Crippen LogP contribution in [0.3, 0.4) is 0 Å². The minimum atomic E-state index is -0.383. The summed E-state index contributed by atoms with van der Waals surface area (Å²) in [5.74, 6) is 1.42. The molecule has 2 aromatic carbocycles. The number of rotatable bonds is 8. The molecule has 0 saturated heterocycles. The molecule has 0 atom stereocenters. The Morgan fingerprint density at radius 1 is 1.20 bits per heavy atom. The average molecular weight is 410 g/mol. The fraction of sp³-hybridized carbons (Fsp3) is 0.263. The highest BCUT2D eigenvalue weighted by Crippen LogP contribution is 2.31. The molecule has 0 saturated carbocycles. The Hall–Kier alpha value is -2.21. The van der Waals surface area contributed by atoms with Crippen LogP contribution in [0.15, 0.2) is 41.4 Å². The number of ether oxygens (including phenoxy) is 3. The Morgan fingerprint density at radius 3 is 2.60 bits per heavy atom. The van der Waals surface area contributed by atoms with Gasteiger partial charge in [-0.2, -0.15) is 0 Å². The molecule has 0 aliphatic heterocycles. The average Bonchev–Trinajstić information content (AvgIpc) is 2.62. The van der Waals surface area contributed by atoms with E-state index < -0.39 is 0 Å². The monoisotopic (exact) mass is 409 g/mol. The molecular formula is C19H21BrFNO3. The van der Waals surface area contributed by atoms with Crippen LogP contribution in [0.5, 0.6) is 11.5 Å². The molecule has 0 heterocycles. The van der Waals surface area contributed by atoms with Gasteiger partial charge in [0.05, 0.1) is 26.5 Å². The molecule has 0 amide bonds. The lowest BCUT2D eigenvalue weighted by molar-refractivity contribution is 0.299. The Labute approximate surface area is 155 Å². The molecule has 0 aromatic heterocycles. The largest absolute Gasteiger partial charge is 0.497 e. The van der Waals surface area contributed by atoms with Gasteiger partial charge in [-0.15, -0.1) is 0 Å². The van der Waals surface area contributed by atoms with E-state index >= 15 is 0 Å². The van der Waals surface area contributed by atoms with Crippen molar-refractivity contribution in [2.75, 3.05) is 26.1 Å². The highest BCUT2D eigenvalue weighted by atomic mass is 79.9. The third-order valence-corrected chi connectivity index (χ3v) is 4.30. The summed E-state index contributed by atoms with van der Waals surface area (Å²) in [4.78, 5) is 0. The molecule has 0 spiro atoms. The molecule has 2 aromatic rings. The van der Waals surface area contributed by atoms with Crippen LogP contribution in [-0.4, -0.2) is 20.8 Å². The highest BCUT2D eigenvalue weighted by molar-refractivity contribution is 9.10. The fourth-order valence-corrected chi connectivity index (χ4v) is 2.90. The molecule has 1 N–H and O–H groups in total. The first-order chi connectivity index (χ1) is 12.0. The number of benzene rings is 2. The number of nitrogens with one attached hydrogen (secondary N) is 1. The van der Waals surface area contributed by atoms with Crippen molar-refractivity contribution in [1.29, 1.82) is 0 Å². The van der Waals surface area contributed by atoms with E-state index in [1.807, 2.05) is 19.1 Å². The zero-order valence-corrected chi connectivity index (χ0v) is 16.1. The molecule has 134 valence electrons. The summed E-state index contributed by atoms with van der Waals surface area (Å²) in [7, 11) is 3.18. The molecular weight excluding hydrogens is 389 g/mol. The molecule has 2 rings (SSSR count). The van der Waals surface area contributed by atoms with Crippen LogP contribution in [0.4, 0.5) is 10.1 Å². The van der Waals surface area contributed by atoms with Crippen molar-refractivity contribution in [3.8, 4) is 11.5 Å². The van der Waals surface area contributed by atoms with Crippen LogP contribution >= 0.6 is 15.9 Å². The van der Waals surface area contributed by atoms with E-state index in [0.29, 0.717) is 46.1 Å². The standard InChI is InChI=1S/C19H21BrFNO3/c1-5-25-12(2)15-9-17(21)18(10-16(15)20)22-11-13-6-7-14(23-3)8-19(13)24-4/h6-10,22H,2,5,11H2,1,3-4H3. The zero-order chi connectivity index (χ0) is 18.4. The van der Waals surface area contributed by atoms with Gasteiger partial charge in [0.2, 0.25) is 0 Å². The first kappa shape index (κ1) is 19.1. The molecule has 0 aliphatic rings. The van der Waals surface area contributed by atoms with E-state index in [-0.39, 0.29) is 5.82 Å². The normalized spacial score (nSPS) is 10.3. The maximum Gasteiger partial charge on any atom is 0.147 e. The molecule has 0 bridgehead atoms. The van der Waals surface area contributed by atoms with Crippen LogP contribution in [0, 0.1) is 5.82 Å². The summed E-state index contributed by atoms with van der Waals surface area (Å²) < 4.78 is 31.0. The Kier molecular flexibility index (Phi) is 6.70. The number of anilines is 1. The molecule has 0 unspecified atom stereocenters. The number of halogens is 2. The SMILES string of the molecule is C=C(OCC)c1cc(F)c(NCc2ccc(OC)cc2OC)cc1Br. The van der Waals surface area contributed by atoms with Crippen molar-refractivity contribution in [3.63, 3.8) is 0 Å². The topological polar surface area (TPSA) is 39.7 Å². The van der Waals surface area contributed by atoms with Gasteiger partial charge in [-0.25, -0.2) is 4.39 Å². The second-order valence-electron chi connectivity index (χ2n) is 5.20. The van der Waals surface area contributed by atoms with Crippen LogP contribution in [0.2, 0.25) is 0 Å². The van der Waals surface area contributed by atoms with Gasteiger partial charge in [0.15, 0.2) is 0 Å². The van der Waals surface area contributed by atoms with Gasteiger partial charge < -0.3 is 19.5 Å². The maximum absolute atomic E-state index is 14.4. The second-order valence-corrected chi connectivity index (χ2v) is 6.05.